The third kappa shape index (κ3) is 3.94. The predicted molar refractivity (Wildman–Crippen MR) is 86.6 cm³/mol. The van der Waals surface area contributed by atoms with Crippen LogP contribution in [0.5, 0.6) is 0 Å². The molecule has 1 unspecified atom stereocenters. The Bertz CT molecular complexity index is 463. The summed E-state index contributed by atoms with van der Waals surface area (Å²) in [5, 5.41) is 9.78. The number of aliphatic hydroxyl groups excluding tert-OH is 1. The molecule has 1 atom stereocenters. The molecule has 2 rings (SSSR count). The van der Waals surface area contributed by atoms with Gasteiger partial charge in [0, 0.05) is 36.7 Å². The standard InChI is InChI=1S/C17H29N3O/c1-4-6-7-15-18-14(3)11-16(19-15)20-10-9-17(12-20,13-21)8-5-2/h11,21H,4-10,12-13H2,1-3H3. The highest BCUT2D eigenvalue weighted by Gasteiger charge is 2.37. The van der Waals surface area contributed by atoms with Gasteiger partial charge < -0.3 is 10.0 Å². The lowest BCUT2D eigenvalue weighted by Crippen LogP contribution is -2.31. The molecule has 1 aliphatic rings. The van der Waals surface area contributed by atoms with Crippen LogP contribution < -0.4 is 4.90 Å². The molecule has 0 saturated carbocycles. The summed E-state index contributed by atoms with van der Waals surface area (Å²) in [7, 11) is 0. The number of hydrogen-bond donors (Lipinski definition) is 1. The normalized spacial score (nSPS) is 22.0. The number of anilines is 1. The monoisotopic (exact) mass is 291 g/mol. The first-order valence-corrected chi connectivity index (χ1v) is 8.33. The molecule has 21 heavy (non-hydrogen) atoms. The molecule has 118 valence electrons. The molecule has 0 aromatic carbocycles. The smallest absolute Gasteiger partial charge is 0.132 e. The van der Waals surface area contributed by atoms with Crippen LogP contribution >= 0.6 is 0 Å². The van der Waals surface area contributed by atoms with Crippen molar-refractivity contribution in [1.82, 2.24) is 9.97 Å². The maximum absolute atomic E-state index is 9.78. The Balaban J connectivity index is 2.13. The van der Waals surface area contributed by atoms with Crippen LogP contribution in [0.1, 0.15) is 57.5 Å². The zero-order chi connectivity index (χ0) is 15.3. The summed E-state index contributed by atoms with van der Waals surface area (Å²) in [6.07, 6.45) is 6.54. The van der Waals surface area contributed by atoms with Crippen LogP contribution in [-0.4, -0.2) is 34.8 Å². The molecule has 2 heterocycles. The van der Waals surface area contributed by atoms with Gasteiger partial charge in [-0.05, 0) is 26.2 Å². The molecule has 1 fully saturated rings. The fraction of sp³-hybridized carbons (Fsp3) is 0.765. The zero-order valence-corrected chi connectivity index (χ0v) is 13.7. The SMILES string of the molecule is CCCCc1nc(C)cc(N2CCC(CO)(CCC)C2)n1. The molecular formula is C17H29N3O. The first kappa shape index (κ1) is 16.2. The predicted octanol–water partition coefficient (Wildman–Crippen LogP) is 3.12. The van der Waals surface area contributed by atoms with Crippen molar-refractivity contribution >= 4 is 5.82 Å². The average molecular weight is 291 g/mol. The minimum atomic E-state index is 0.0667. The molecule has 0 aliphatic carbocycles. The van der Waals surface area contributed by atoms with Gasteiger partial charge in [0.1, 0.15) is 11.6 Å². The molecule has 1 aromatic heterocycles. The lowest BCUT2D eigenvalue weighted by molar-refractivity contribution is 0.134. The summed E-state index contributed by atoms with van der Waals surface area (Å²) in [6, 6.07) is 2.08. The Morgan fingerprint density at radius 3 is 2.76 bits per heavy atom. The van der Waals surface area contributed by atoms with E-state index in [0.29, 0.717) is 0 Å². The van der Waals surface area contributed by atoms with E-state index in [4.69, 9.17) is 4.98 Å². The summed E-state index contributed by atoms with van der Waals surface area (Å²) >= 11 is 0. The third-order valence-electron chi connectivity index (χ3n) is 4.52. The topological polar surface area (TPSA) is 49.2 Å². The summed E-state index contributed by atoms with van der Waals surface area (Å²) in [5.74, 6) is 2.00. The van der Waals surface area contributed by atoms with Crippen LogP contribution in [0.4, 0.5) is 5.82 Å². The molecule has 0 radical (unpaired) electrons. The second kappa shape index (κ2) is 7.21. The molecule has 4 nitrogen and oxygen atoms in total. The number of aliphatic hydroxyl groups is 1. The van der Waals surface area contributed by atoms with Crippen molar-refractivity contribution in [2.45, 2.75) is 59.3 Å². The zero-order valence-electron chi connectivity index (χ0n) is 13.7. The lowest BCUT2D eigenvalue weighted by atomic mass is 9.83. The Kier molecular flexibility index (Phi) is 5.57. The second-order valence-corrected chi connectivity index (χ2v) is 6.47. The van der Waals surface area contributed by atoms with Gasteiger partial charge in [0.2, 0.25) is 0 Å². The molecule has 1 saturated heterocycles. The summed E-state index contributed by atoms with van der Waals surface area (Å²) < 4.78 is 0. The number of aromatic nitrogens is 2. The molecule has 0 amide bonds. The minimum absolute atomic E-state index is 0.0667. The van der Waals surface area contributed by atoms with E-state index in [-0.39, 0.29) is 12.0 Å². The molecule has 0 spiro atoms. The van der Waals surface area contributed by atoms with Crippen molar-refractivity contribution < 1.29 is 5.11 Å². The molecule has 1 N–H and O–H groups in total. The largest absolute Gasteiger partial charge is 0.396 e. The van der Waals surface area contributed by atoms with Gasteiger partial charge in [-0.15, -0.1) is 0 Å². The highest BCUT2D eigenvalue weighted by Crippen LogP contribution is 2.36. The van der Waals surface area contributed by atoms with Gasteiger partial charge in [-0.2, -0.15) is 0 Å². The fourth-order valence-electron chi connectivity index (χ4n) is 3.29. The van der Waals surface area contributed by atoms with E-state index in [1.54, 1.807) is 0 Å². The molecule has 1 aromatic rings. The van der Waals surface area contributed by atoms with Gasteiger partial charge in [0.05, 0.1) is 6.61 Å². The maximum atomic E-state index is 9.78. The first-order valence-electron chi connectivity index (χ1n) is 8.33. The lowest BCUT2D eigenvalue weighted by Gasteiger charge is -2.27. The van der Waals surface area contributed by atoms with Crippen LogP contribution in [0.2, 0.25) is 0 Å². The fourth-order valence-corrected chi connectivity index (χ4v) is 3.29. The summed E-state index contributed by atoms with van der Waals surface area (Å²) in [5.41, 5.74) is 1.11. The Morgan fingerprint density at radius 1 is 1.29 bits per heavy atom. The van der Waals surface area contributed by atoms with Crippen LogP contribution in [0, 0.1) is 12.3 Å². The van der Waals surface area contributed by atoms with Gasteiger partial charge >= 0.3 is 0 Å². The average Bonchev–Trinajstić information content (AvgIpc) is 2.90. The van der Waals surface area contributed by atoms with Crippen molar-refractivity contribution in [3.63, 3.8) is 0 Å². The number of rotatable bonds is 7. The maximum Gasteiger partial charge on any atom is 0.132 e. The van der Waals surface area contributed by atoms with E-state index in [2.05, 4.69) is 29.8 Å². The minimum Gasteiger partial charge on any atom is -0.396 e. The van der Waals surface area contributed by atoms with Crippen molar-refractivity contribution in [3.8, 4) is 0 Å². The van der Waals surface area contributed by atoms with Gasteiger partial charge in [0.25, 0.3) is 0 Å². The quantitative estimate of drug-likeness (QED) is 0.838. The van der Waals surface area contributed by atoms with Crippen LogP contribution in [0.15, 0.2) is 6.07 Å². The van der Waals surface area contributed by atoms with E-state index in [9.17, 15) is 5.11 Å². The highest BCUT2D eigenvalue weighted by molar-refractivity contribution is 5.41. The number of hydrogen-bond acceptors (Lipinski definition) is 4. The number of unbranched alkanes of at least 4 members (excludes halogenated alkanes) is 1. The summed E-state index contributed by atoms with van der Waals surface area (Å²) in [6.45, 7) is 8.62. The van der Waals surface area contributed by atoms with Crippen molar-refractivity contribution in [3.05, 3.63) is 17.6 Å². The van der Waals surface area contributed by atoms with Gasteiger partial charge in [-0.1, -0.05) is 26.7 Å². The van der Waals surface area contributed by atoms with E-state index < -0.39 is 0 Å². The van der Waals surface area contributed by atoms with E-state index >= 15 is 0 Å². The Morgan fingerprint density at radius 2 is 2.10 bits per heavy atom. The van der Waals surface area contributed by atoms with Crippen molar-refractivity contribution in [2.24, 2.45) is 5.41 Å². The number of nitrogens with zero attached hydrogens (tertiary/aromatic N) is 3. The van der Waals surface area contributed by atoms with Crippen LogP contribution in [0.25, 0.3) is 0 Å². The summed E-state index contributed by atoms with van der Waals surface area (Å²) in [4.78, 5) is 11.6. The Labute approximate surface area is 128 Å². The van der Waals surface area contributed by atoms with E-state index in [0.717, 1.165) is 62.5 Å². The van der Waals surface area contributed by atoms with Gasteiger partial charge in [-0.25, -0.2) is 9.97 Å². The Hall–Kier alpha value is -1.16. The molecule has 4 heteroatoms. The van der Waals surface area contributed by atoms with Crippen molar-refractivity contribution in [1.29, 1.82) is 0 Å². The molecule has 0 bridgehead atoms. The molecule has 1 aliphatic heterocycles. The highest BCUT2D eigenvalue weighted by atomic mass is 16.3. The van der Waals surface area contributed by atoms with Crippen LogP contribution in [-0.2, 0) is 6.42 Å². The van der Waals surface area contributed by atoms with Crippen LogP contribution in [0.3, 0.4) is 0 Å². The molecular weight excluding hydrogens is 262 g/mol. The van der Waals surface area contributed by atoms with Gasteiger partial charge in [-0.3, -0.25) is 0 Å². The van der Waals surface area contributed by atoms with E-state index in [1.165, 1.54) is 6.42 Å². The van der Waals surface area contributed by atoms with E-state index in [1.807, 2.05) is 6.92 Å². The van der Waals surface area contributed by atoms with Gasteiger partial charge in [0.15, 0.2) is 0 Å². The first-order chi connectivity index (χ1) is 10.1. The second-order valence-electron chi connectivity index (χ2n) is 6.47. The third-order valence-corrected chi connectivity index (χ3v) is 4.52. The number of aryl methyl sites for hydroxylation is 2. The van der Waals surface area contributed by atoms with Crippen molar-refractivity contribution in [2.75, 3.05) is 24.6 Å².